The summed E-state index contributed by atoms with van der Waals surface area (Å²) in [5.41, 5.74) is 7.31. The van der Waals surface area contributed by atoms with Crippen LogP contribution in [0, 0.1) is 5.92 Å². The van der Waals surface area contributed by atoms with Gasteiger partial charge < -0.3 is 0 Å². The van der Waals surface area contributed by atoms with Gasteiger partial charge in [0, 0.05) is 44.8 Å². The van der Waals surface area contributed by atoms with E-state index in [-0.39, 0.29) is 17.9 Å². The first kappa shape index (κ1) is 25.4. The summed E-state index contributed by atoms with van der Waals surface area (Å²) in [5.74, 6) is 0.0587. The maximum Gasteiger partial charge on any atom is 0.241 e. The van der Waals surface area contributed by atoms with Gasteiger partial charge in [-0.05, 0) is 61.6 Å². The number of allylic oxidation sites excluding steroid dienone is 1. The molecule has 1 aliphatic carbocycles. The predicted octanol–water partition coefficient (Wildman–Crippen LogP) is 5.03. The number of fused-ring (bicyclic) bond motifs is 2. The molecule has 3 fully saturated rings. The molecule has 36 heavy (non-hydrogen) atoms. The Morgan fingerprint density at radius 2 is 1.97 bits per heavy atom. The van der Waals surface area contributed by atoms with Gasteiger partial charge in [-0.25, -0.2) is 5.01 Å². The lowest BCUT2D eigenvalue weighted by Gasteiger charge is -2.46. The molecule has 3 aliphatic heterocycles. The monoisotopic (exact) mass is 488 g/mol. The Labute approximate surface area is 217 Å². The van der Waals surface area contributed by atoms with E-state index in [0.29, 0.717) is 12.1 Å². The summed E-state index contributed by atoms with van der Waals surface area (Å²) in [6.07, 6.45) is 18.1. The molecular formula is C31H44N4O. The molecule has 5 rings (SSSR count). The highest BCUT2D eigenvalue weighted by Gasteiger charge is 2.40. The molecule has 0 aromatic heterocycles. The topological polar surface area (TPSA) is 38.8 Å². The van der Waals surface area contributed by atoms with Crippen molar-refractivity contribution < 1.29 is 4.79 Å². The molecule has 0 spiro atoms. The van der Waals surface area contributed by atoms with E-state index in [2.05, 4.69) is 82.3 Å². The molecule has 3 heterocycles. The minimum absolute atomic E-state index is 0.0799. The molecule has 4 aliphatic rings. The van der Waals surface area contributed by atoms with Gasteiger partial charge in [0.1, 0.15) is 0 Å². The number of nitrogens with one attached hydrogen (secondary N) is 1. The van der Waals surface area contributed by atoms with Crippen LogP contribution in [0.4, 0.5) is 0 Å². The second-order valence-corrected chi connectivity index (χ2v) is 11.1. The lowest BCUT2D eigenvalue weighted by Crippen LogP contribution is -2.50. The van der Waals surface area contributed by atoms with Crippen molar-refractivity contribution in [2.75, 3.05) is 32.7 Å². The number of hydrazine groups is 1. The van der Waals surface area contributed by atoms with E-state index in [4.69, 9.17) is 0 Å². The first-order valence-corrected chi connectivity index (χ1v) is 14.3. The Morgan fingerprint density at radius 3 is 2.72 bits per heavy atom. The molecule has 0 radical (unpaired) electrons. The van der Waals surface area contributed by atoms with Crippen molar-refractivity contribution in [2.45, 2.75) is 76.4 Å². The smallest absolute Gasteiger partial charge is 0.241 e. The van der Waals surface area contributed by atoms with Gasteiger partial charge in [-0.2, -0.15) is 0 Å². The quantitative estimate of drug-likeness (QED) is 0.521. The van der Waals surface area contributed by atoms with Crippen molar-refractivity contribution in [1.29, 1.82) is 0 Å². The van der Waals surface area contributed by atoms with Crippen molar-refractivity contribution >= 4 is 5.91 Å². The Kier molecular flexibility index (Phi) is 8.40. The normalized spacial score (nSPS) is 28.4. The fraction of sp³-hybridized carbons (Fsp3) is 0.581. The second kappa shape index (κ2) is 11.9. The van der Waals surface area contributed by atoms with Crippen LogP contribution in [-0.2, 0) is 11.2 Å². The average Bonchev–Trinajstić information content (AvgIpc) is 3.39. The van der Waals surface area contributed by atoms with Gasteiger partial charge in [-0.15, -0.1) is 6.58 Å². The molecule has 0 saturated carbocycles. The number of rotatable bonds is 8. The van der Waals surface area contributed by atoms with Crippen LogP contribution >= 0.6 is 0 Å². The summed E-state index contributed by atoms with van der Waals surface area (Å²) < 4.78 is 0. The molecule has 1 aromatic rings. The number of carbonyl (C=O) groups excluding carboxylic acids is 1. The van der Waals surface area contributed by atoms with E-state index in [0.717, 1.165) is 45.6 Å². The number of aryl methyl sites for hydroxylation is 1. The SMILES string of the molecule is C=CCN1CCC2CCCC(C1)N2C(C1=CCC(C(=O)NN2CCCC2)C=C1)c1cccc(CC)c1. The van der Waals surface area contributed by atoms with Gasteiger partial charge >= 0.3 is 0 Å². The third-order valence-electron chi connectivity index (χ3n) is 8.68. The van der Waals surface area contributed by atoms with E-state index in [1.54, 1.807) is 0 Å². The van der Waals surface area contributed by atoms with Crippen LogP contribution in [0.25, 0.3) is 0 Å². The first-order valence-electron chi connectivity index (χ1n) is 14.3. The number of piperidine rings is 1. The van der Waals surface area contributed by atoms with Crippen molar-refractivity contribution in [3.63, 3.8) is 0 Å². The summed E-state index contributed by atoms with van der Waals surface area (Å²) >= 11 is 0. The van der Waals surface area contributed by atoms with Crippen LogP contribution in [0.2, 0.25) is 0 Å². The average molecular weight is 489 g/mol. The third-order valence-corrected chi connectivity index (χ3v) is 8.68. The lowest BCUT2D eigenvalue weighted by atomic mass is 9.84. The number of hydrogen-bond acceptors (Lipinski definition) is 4. The van der Waals surface area contributed by atoms with E-state index in [1.807, 2.05) is 0 Å². The van der Waals surface area contributed by atoms with Crippen LogP contribution in [0.5, 0.6) is 0 Å². The number of carbonyl (C=O) groups is 1. The number of hydrogen-bond donors (Lipinski definition) is 1. The van der Waals surface area contributed by atoms with Gasteiger partial charge in [0.05, 0.1) is 12.0 Å². The van der Waals surface area contributed by atoms with E-state index >= 15 is 0 Å². The highest BCUT2D eigenvalue weighted by Crippen LogP contribution is 2.41. The minimum Gasteiger partial charge on any atom is -0.298 e. The van der Waals surface area contributed by atoms with Gasteiger partial charge in [-0.1, -0.05) is 61.9 Å². The largest absolute Gasteiger partial charge is 0.298 e. The van der Waals surface area contributed by atoms with Gasteiger partial charge in [0.2, 0.25) is 5.91 Å². The summed E-state index contributed by atoms with van der Waals surface area (Å²) in [6, 6.07) is 10.6. The minimum atomic E-state index is -0.0799. The molecule has 4 atom stereocenters. The lowest BCUT2D eigenvalue weighted by molar-refractivity contribution is -0.128. The maximum absolute atomic E-state index is 12.9. The molecule has 5 heteroatoms. The molecule has 194 valence electrons. The molecule has 5 nitrogen and oxygen atoms in total. The van der Waals surface area contributed by atoms with Crippen molar-refractivity contribution in [3.05, 3.63) is 71.8 Å². The second-order valence-electron chi connectivity index (χ2n) is 11.1. The fourth-order valence-electron chi connectivity index (χ4n) is 6.78. The highest BCUT2D eigenvalue weighted by atomic mass is 16.2. The molecule has 4 unspecified atom stereocenters. The summed E-state index contributed by atoms with van der Waals surface area (Å²) in [5, 5.41) is 2.09. The summed E-state index contributed by atoms with van der Waals surface area (Å²) in [4.78, 5) is 18.4. The Hall–Kier alpha value is -2.21. The van der Waals surface area contributed by atoms with Gasteiger partial charge in [0.15, 0.2) is 0 Å². The zero-order valence-corrected chi connectivity index (χ0v) is 22.1. The van der Waals surface area contributed by atoms with E-state index < -0.39 is 0 Å². The van der Waals surface area contributed by atoms with Crippen LogP contribution in [-0.4, -0.2) is 65.5 Å². The van der Waals surface area contributed by atoms with Crippen LogP contribution in [0.15, 0.2) is 60.7 Å². The van der Waals surface area contributed by atoms with Crippen LogP contribution < -0.4 is 5.43 Å². The standard InChI is InChI=1S/C31H44N4O/c1-3-18-33-21-17-28-11-8-12-29(23-33)35(28)30(27-10-7-9-24(4-2)22-27)25-13-15-26(16-14-25)31(36)32-34-19-5-6-20-34/h3,7,9-10,13-15,22,26,28-30H,1,4-6,8,11-12,16-21,23H2,2H3,(H,32,36). The predicted molar refractivity (Wildman–Crippen MR) is 147 cm³/mol. The Balaban J connectivity index is 1.42. The highest BCUT2D eigenvalue weighted by molar-refractivity contribution is 5.80. The molecule has 2 bridgehead atoms. The van der Waals surface area contributed by atoms with E-state index in [1.165, 1.54) is 55.2 Å². The third kappa shape index (κ3) is 5.69. The fourth-order valence-corrected chi connectivity index (χ4v) is 6.78. The van der Waals surface area contributed by atoms with E-state index in [9.17, 15) is 4.79 Å². The zero-order valence-electron chi connectivity index (χ0n) is 22.1. The molecule has 1 aromatic carbocycles. The van der Waals surface area contributed by atoms with Gasteiger partial charge in [0.25, 0.3) is 0 Å². The molecule has 3 saturated heterocycles. The maximum atomic E-state index is 12.9. The molecule has 1 amide bonds. The van der Waals surface area contributed by atoms with Crippen molar-refractivity contribution in [2.24, 2.45) is 5.92 Å². The number of benzene rings is 1. The van der Waals surface area contributed by atoms with Crippen molar-refractivity contribution in [3.8, 4) is 0 Å². The zero-order chi connectivity index (χ0) is 24.9. The number of amides is 1. The molecule has 1 N–H and O–H groups in total. The van der Waals surface area contributed by atoms with Crippen molar-refractivity contribution in [1.82, 2.24) is 20.2 Å². The van der Waals surface area contributed by atoms with Crippen LogP contribution in [0.3, 0.4) is 0 Å². The summed E-state index contributed by atoms with van der Waals surface area (Å²) in [6.45, 7) is 11.4. The summed E-state index contributed by atoms with van der Waals surface area (Å²) in [7, 11) is 0. The molecular weight excluding hydrogens is 444 g/mol. The van der Waals surface area contributed by atoms with Crippen LogP contribution in [0.1, 0.15) is 69.0 Å². The Bertz CT molecular complexity index is 979. The Morgan fingerprint density at radius 1 is 1.14 bits per heavy atom. The van der Waals surface area contributed by atoms with Gasteiger partial charge in [-0.3, -0.25) is 20.0 Å². The number of nitrogens with zero attached hydrogens (tertiary/aromatic N) is 3. The first-order chi connectivity index (χ1) is 17.7.